The van der Waals surface area contributed by atoms with Gasteiger partial charge in [-0.15, -0.1) is 0 Å². The lowest BCUT2D eigenvalue weighted by Crippen LogP contribution is -2.26. The van der Waals surface area contributed by atoms with Gasteiger partial charge in [-0.3, -0.25) is 4.79 Å². The van der Waals surface area contributed by atoms with Crippen LogP contribution in [0.25, 0.3) is 0 Å². The van der Waals surface area contributed by atoms with E-state index in [1.165, 1.54) is 0 Å². The molecule has 0 saturated carbocycles. The number of phenols is 1. The Morgan fingerprint density at radius 1 is 1.21 bits per heavy atom. The van der Waals surface area contributed by atoms with E-state index in [1.807, 2.05) is 33.8 Å². The average molecular weight is 265 g/mol. The molecule has 106 valence electrons. The second kappa shape index (κ2) is 6.57. The third kappa shape index (κ3) is 3.70. The first-order valence-corrected chi connectivity index (χ1v) is 6.64. The molecule has 4 heteroatoms. The van der Waals surface area contributed by atoms with Crippen molar-refractivity contribution in [2.75, 3.05) is 13.2 Å². The number of aliphatic hydroxyl groups excluding tert-OH is 1. The van der Waals surface area contributed by atoms with E-state index in [4.69, 9.17) is 5.11 Å². The van der Waals surface area contributed by atoms with Gasteiger partial charge in [0.15, 0.2) is 0 Å². The zero-order chi connectivity index (χ0) is 14.6. The lowest BCUT2D eigenvalue weighted by Gasteiger charge is -2.16. The number of carbonyl (C=O) groups is 1. The van der Waals surface area contributed by atoms with Gasteiger partial charge >= 0.3 is 0 Å². The molecule has 0 fully saturated rings. The molecule has 1 aromatic rings. The summed E-state index contributed by atoms with van der Waals surface area (Å²) in [6.45, 7) is 8.12. The number of aliphatic hydroxyl groups is 1. The first kappa shape index (κ1) is 15.5. The molecule has 0 aliphatic heterocycles. The van der Waals surface area contributed by atoms with Gasteiger partial charge < -0.3 is 15.5 Å². The molecule has 0 aliphatic carbocycles. The van der Waals surface area contributed by atoms with Crippen LogP contribution in [-0.2, 0) is 0 Å². The van der Waals surface area contributed by atoms with Crippen LogP contribution in [0.4, 0.5) is 0 Å². The number of hydrogen-bond donors (Lipinski definition) is 3. The Morgan fingerprint density at radius 2 is 1.84 bits per heavy atom. The van der Waals surface area contributed by atoms with Crippen LogP contribution in [-0.4, -0.2) is 29.3 Å². The summed E-state index contributed by atoms with van der Waals surface area (Å²) in [7, 11) is 0. The van der Waals surface area contributed by atoms with Crippen molar-refractivity contribution in [3.05, 3.63) is 28.8 Å². The summed E-state index contributed by atoms with van der Waals surface area (Å²) in [5.41, 5.74) is 2.08. The molecule has 3 N–H and O–H groups in total. The van der Waals surface area contributed by atoms with Crippen molar-refractivity contribution in [2.24, 2.45) is 0 Å². The standard InChI is InChI=1S/C15H23NO3/c1-9(2)11-7-12(10(3)4)14(18)13(8-11)15(19)16-5-6-17/h7-10,17-18H,5-6H2,1-4H3,(H,16,19). The first-order chi connectivity index (χ1) is 8.88. The highest BCUT2D eigenvalue weighted by Gasteiger charge is 2.18. The minimum absolute atomic E-state index is 0.0369. The number of hydrogen-bond acceptors (Lipinski definition) is 3. The van der Waals surface area contributed by atoms with Gasteiger partial charge in [-0.05, 0) is 29.0 Å². The molecule has 4 nitrogen and oxygen atoms in total. The van der Waals surface area contributed by atoms with Crippen molar-refractivity contribution in [3.63, 3.8) is 0 Å². The maximum Gasteiger partial charge on any atom is 0.255 e. The molecule has 0 atom stereocenters. The SMILES string of the molecule is CC(C)c1cc(C(=O)NCCO)c(O)c(C(C)C)c1. The van der Waals surface area contributed by atoms with E-state index in [0.717, 1.165) is 11.1 Å². The Morgan fingerprint density at radius 3 is 2.32 bits per heavy atom. The van der Waals surface area contributed by atoms with E-state index in [-0.39, 0.29) is 42.2 Å². The molecule has 0 heterocycles. The van der Waals surface area contributed by atoms with Crippen LogP contribution in [0.15, 0.2) is 12.1 Å². The maximum atomic E-state index is 12.0. The lowest BCUT2D eigenvalue weighted by atomic mass is 9.91. The fourth-order valence-corrected chi connectivity index (χ4v) is 1.89. The zero-order valence-electron chi connectivity index (χ0n) is 12.0. The molecule has 1 aromatic carbocycles. The van der Waals surface area contributed by atoms with Crippen molar-refractivity contribution < 1.29 is 15.0 Å². The molecule has 0 unspecified atom stereocenters. The summed E-state index contributed by atoms with van der Waals surface area (Å²) >= 11 is 0. The summed E-state index contributed by atoms with van der Waals surface area (Å²) in [6.07, 6.45) is 0. The van der Waals surface area contributed by atoms with Crippen molar-refractivity contribution >= 4 is 5.91 Å². The van der Waals surface area contributed by atoms with E-state index in [9.17, 15) is 9.90 Å². The van der Waals surface area contributed by atoms with Gasteiger partial charge in [0.1, 0.15) is 5.75 Å². The predicted octanol–water partition coefficient (Wildman–Crippen LogP) is 2.36. The minimum atomic E-state index is -0.351. The van der Waals surface area contributed by atoms with Crippen molar-refractivity contribution in [3.8, 4) is 5.75 Å². The highest BCUT2D eigenvalue weighted by atomic mass is 16.3. The number of phenolic OH excluding ortho intramolecular Hbond substituents is 1. The fourth-order valence-electron chi connectivity index (χ4n) is 1.89. The number of nitrogens with one attached hydrogen (secondary N) is 1. The summed E-state index contributed by atoms with van der Waals surface area (Å²) in [5.74, 6) is 0.108. The highest BCUT2D eigenvalue weighted by Crippen LogP contribution is 2.32. The highest BCUT2D eigenvalue weighted by molar-refractivity contribution is 5.97. The maximum absolute atomic E-state index is 12.0. The van der Waals surface area contributed by atoms with Crippen molar-refractivity contribution in [1.29, 1.82) is 0 Å². The van der Waals surface area contributed by atoms with E-state index < -0.39 is 0 Å². The molecule has 0 radical (unpaired) electrons. The molecular weight excluding hydrogens is 242 g/mol. The van der Waals surface area contributed by atoms with Gasteiger partial charge in [0.05, 0.1) is 12.2 Å². The summed E-state index contributed by atoms with van der Waals surface area (Å²) in [5, 5.41) is 21.5. The average Bonchev–Trinajstić information content (AvgIpc) is 2.35. The van der Waals surface area contributed by atoms with E-state index in [0.29, 0.717) is 0 Å². The molecule has 0 saturated heterocycles. The van der Waals surface area contributed by atoms with Crippen LogP contribution in [0.3, 0.4) is 0 Å². The van der Waals surface area contributed by atoms with Crippen molar-refractivity contribution in [1.82, 2.24) is 5.32 Å². The Kier molecular flexibility index (Phi) is 5.36. The molecule has 1 rings (SSSR count). The molecule has 0 spiro atoms. The zero-order valence-corrected chi connectivity index (χ0v) is 12.0. The molecular formula is C15H23NO3. The Balaban J connectivity index is 3.25. The topological polar surface area (TPSA) is 69.6 Å². The minimum Gasteiger partial charge on any atom is -0.507 e. The van der Waals surface area contributed by atoms with Crippen LogP contribution in [0, 0.1) is 0 Å². The van der Waals surface area contributed by atoms with Gasteiger partial charge in [-0.2, -0.15) is 0 Å². The van der Waals surface area contributed by atoms with E-state index in [2.05, 4.69) is 5.32 Å². The van der Waals surface area contributed by atoms with Gasteiger partial charge in [-0.1, -0.05) is 33.8 Å². The quantitative estimate of drug-likeness (QED) is 0.765. The second-order valence-electron chi connectivity index (χ2n) is 5.30. The Labute approximate surface area is 114 Å². The largest absolute Gasteiger partial charge is 0.507 e. The van der Waals surface area contributed by atoms with E-state index in [1.54, 1.807) is 6.07 Å². The van der Waals surface area contributed by atoms with Crippen LogP contribution in [0.2, 0.25) is 0 Å². The summed E-state index contributed by atoms with van der Waals surface area (Å²) < 4.78 is 0. The molecule has 0 aromatic heterocycles. The summed E-state index contributed by atoms with van der Waals surface area (Å²) in [4.78, 5) is 12.0. The number of benzene rings is 1. The number of carbonyl (C=O) groups excluding carboxylic acids is 1. The van der Waals surface area contributed by atoms with Gasteiger partial charge in [0, 0.05) is 6.54 Å². The number of rotatable bonds is 5. The van der Waals surface area contributed by atoms with Crippen LogP contribution in [0.5, 0.6) is 5.75 Å². The predicted molar refractivity (Wildman–Crippen MR) is 75.7 cm³/mol. The van der Waals surface area contributed by atoms with Gasteiger partial charge in [0.25, 0.3) is 5.91 Å². The van der Waals surface area contributed by atoms with Crippen LogP contribution >= 0.6 is 0 Å². The smallest absolute Gasteiger partial charge is 0.255 e. The molecule has 19 heavy (non-hydrogen) atoms. The third-order valence-electron chi connectivity index (χ3n) is 3.09. The molecule has 1 amide bonds. The number of aromatic hydroxyl groups is 1. The Hall–Kier alpha value is -1.55. The normalized spacial score (nSPS) is 11.1. The monoisotopic (exact) mass is 265 g/mol. The molecule has 0 aliphatic rings. The Bertz CT molecular complexity index is 453. The second-order valence-corrected chi connectivity index (χ2v) is 5.30. The molecule has 0 bridgehead atoms. The van der Waals surface area contributed by atoms with Crippen molar-refractivity contribution in [2.45, 2.75) is 39.5 Å². The van der Waals surface area contributed by atoms with Crippen LogP contribution < -0.4 is 5.32 Å². The third-order valence-corrected chi connectivity index (χ3v) is 3.09. The van der Waals surface area contributed by atoms with Gasteiger partial charge in [0.2, 0.25) is 0 Å². The summed E-state index contributed by atoms with van der Waals surface area (Å²) in [6, 6.07) is 3.67. The lowest BCUT2D eigenvalue weighted by molar-refractivity contribution is 0.0942. The van der Waals surface area contributed by atoms with Gasteiger partial charge in [-0.25, -0.2) is 0 Å². The van der Waals surface area contributed by atoms with Crippen LogP contribution in [0.1, 0.15) is 61.0 Å². The van der Waals surface area contributed by atoms with E-state index >= 15 is 0 Å². The first-order valence-electron chi connectivity index (χ1n) is 6.64. The fraction of sp³-hybridized carbons (Fsp3) is 0.533. The number of amides is 1.